The molecule has 0 saturated heterocycles. The molecule has 1 atom stereocenters. The van der Waals surface area contributed by atoms with E-state index in [0.717, 1.165) is 11.3 Å². The van der Waals surface area contributed by atoms with Crippen LogP contribution in [0.2, 0.25) is 0 Å². The highest BCUT2D eigenvalue weighted by molar-refractivity contribution is 5.90. The van der Waals surface area contributed by atoms with Crippen molar-refractivity contribution in [3.63, 3.8) is 0 Å². The molecule has 25 heavy (non-hydrogen) atoms. The van der Waals surface area contributed by atoms with Gasteiger partial charge < -0.3 is 5.32 Å². The van der Waals surface area contributed by atoms with Gasteiger partial charge in [0.25, 0.3) is 0 Å². The molecule has 0 bridgehead atoms. The van der Waals surface area contributed by atoms with Gasteiger partial charge in [0.05, 0.1) is 12.2 Å². The Morgan fingerprint density at radius 2 is 2.00 bits per heavy atom. The number of benzene rings is 1. The van der Waals surface area contributed by atoms with Gasteiger partial charge in [-0.25, -0.2) is 4.39 Å². The van der Waals surface area contributed by atoms with Crippen molar-refractivity contribution in [1.29, 1.82) is 0 Å². The van der Waals surface area contributed by atoms with Crippen LogP contribution in [0.25, 0.3) is 0 Å². The molecular weight excluding hydrogens is 319 g/mol. The molecule has 3 rings (SSSR count). The molecule has 2 aromatic heterocycles. The number of hydrogen-bond donors (Lipinski definition) is 1. The summed E-state index contributed by atoms with van der Waals surface area (Å²) >= 11 is 0. The van der Waals surface area contributed by atoms with Gasteiger partial charge in [0.2, 0.25) is 5.91 Å². The van der Waals surface area contributed by atoms with Crippen LogP contribution in [-0.2, 0) is 11.3 Å². The van der Waals surface area contributed by atoms with Gasteiger partial charge in [0.15, 0.2) is 5.82 Å². The van der Waals surface area contributed by atoms with Crippen molar-refractivity contribution in [2.75, 3.05) is 5.32 Å². The molecule has 2 heterocycles. The second kappa shape index (κ2) is 7.70. The molecule has 5 nitrogen and oxygen atoms in total. The van der Waals surface area contributed by atoms with E-state index in [0.29, 0.717) is 18.8 Å². The molecule has 0 aliphatic heterocycles. The number of nitrogens with one attached hydrogen (secondary N) is 1. The first-order valence-electron chi connectivity index (χ1n) is 8.09. The van der Waals surface area contributed by atoms with Crippen molar-refractivity contribution < 1.29 is 9.18 Å². The van der Waals surface area contributed by atoms with Gasteiger partial charge in [-0.3, -0.25) is 14.5 Å². The molecule has 3 aromatic rings. The molecular formula is C19H19FN4O. The normalized spacial score (nSPS) is 11.9. The molecule has 128 valence electrons. The number of carbonyl (C=O) groups is 1. The predicted octanol–water partition coefficient (Wildman–Crippen LogP) is 3.60. The van der Waals surface area contributed by atoms with Gasteiger partial charge >= 0.3 is 0 Å². The quantitative estimate of drug-likeness (QED) is 0.747. The first-order valence-corrected chi connectivity index (χ1v) is 8.09. The van der Waals surface area contributed by atoms with Gasteiger partial charge in [0, 0.05) is 24.9 Å². The number of carbonyl (C=O) groups excluding carboxylic acids is 1. The maximum absolute atomic E-state index is 13.0. The van der Waals surface area contributed by atoms with E-state index in [1.54, 1.807) is 35.3 Å². The highest BCUT2D eigenvalue weighted by Gasteiger charge is 2.12. The van der Waals surface area contributed by atoms with E-state index in [-0.39, 0.29) is 17.6 Å². The molecule has 0 aliphatic carbocycles. The number of hydrogen-bond acceptors (Lipinski definition) is 3. The molecule has 0 fully saturated rings. The van der Waals surface area contributed by atoms with Gasteiger partial charge in [-0.05, 0) is 35.7 Å². The lowest BCUT2D eigenvalue weighted by molar-refractivity contribution is -0.116. The maximum Gasteiger partial charge on any atom is 0.226 e. The molecule has 0 radical (unpaired) electrons. The molecule has 6 heteroatoms. The molecule has 1 N–H and O–H groups in total. The van der Waals surface area contributed by atoms with Crippen molar-refractivity contribution in [2.45, 2.75) is 25.8 Å². The van der Waals surface area contributed by atoms with E-state index in [9.17, 15) is 9.18 Å². The molecule has 1 amide bonds. The Hall–Kier alpha value is -3.02. The van der Waals surface area contributed by atoms with Crippen LogP contribution in [0.4, 0.5) is 10.2 Å². The van der Waals surface area contributed by atoms with Crippen LogP contribution in [-0.4, -0.2) is 20.7 Å². The van der Waals surface area contributed by atoms with E-state index >= 15 is 0 Å². The number of rotatable bonds is 6. The summed E-state index contributed by atoms with van der Waals surface area (Å²) in [5, 5.41) is 7.13. The largest absolute Gasteiger partial charge is 0.309 e. The minimum Gasteiger partial charge on any atom is -0.309 e. The Balaban J connectivity index is 1.55. The molecule has 0 saturated carbocycles. The zero-order valence-corrected chi connectivity index (χ0v) is 13.9. The fraction of sp³-hybridized carbons (Fsp3) is 0.211. The minimum absolute atomic E-state index is 0.00351. The Kier molecular flexibility index (Phi) is 5.18. The van der Waals surface area contributed by atoms with E-state index in [2.05, 4.69) is 15.4 Å². The summed E-state index contributed by atoms with van der Waals surface area (Å²) in [5.41, 5.74) is 1.82. The summed E-state index contributed by atoms with van der Waals surface area (Å²) in [6.07, 6.45) is 3.84. The summed E-state index contributed by atoms with van der Waals surface area (Å²) < 4.78 is 14.7. The number of aromatic nitrogens is 3. The smallest absolute Gasteiger partial charge is 0.226 e. The zero-order valence-electron chi connectivity index (χ0n) is 13.9. The number of anilines is 1. The van der Waals surface area contributed by atoms with Gasteiger partial charge in [-0.15, -0.1) is 0 Å². The molecule has 1 aromatic carbocycles. The van der Waals surface area contributed by atoms with Crippen LogP contribution >= 0.6 is 0 Å². The number of halogens is 1. The third kappa shape index (κ3) is 4.73. The highest BCUT2D eigenvalue weighted by Crippen LogP contribution is 2.20. The third-order valence-electron chi connectivity index (χ3n) is 3.89. The van der Waals surface area contributed by atoms with Crippen LogP contribution in [0.5, 0.6) is 0 Å². The molecule has 0 aliphatic rings. The first kappa shape index (κ1) is 16.8. The lowest BCUT2D eigenvalue weighted by Gasteiger charge is -2.11. The topological polar surface area (TPSA) is 59.8 Å². The van der Waals surface area contributed by atoms with Crippen molar-refractivity contribution >= 4 is 11.7 Å². The van der Waals surface area contributed by atoms with Crippen LogP contribution in [0.3, 0.4) is 0 Å². The summed E-state index contributed by atoms with van der Waals surface area (Å²) in [5.74, 6) is 0.0993. The Labute approximate surface area is 145 Å². The SMILES string of the molecule is C[C@@H](CC(=O)Nc1ccn(Cc2ccccn2)n1)c1ccc(F)cc1. The van der Waals surface area contributed by atoms with Gasteiger partial charge in [-0.1, -0.05) is 25.1 Å². The van der Waals surface area contributed by atoms with Gasteiger partial charge in [-0.2, -0.15) is 5.10 Å². The first-order chi connectivity index (χ1) is 12.1. The third-order valence-corrected chi connectivity index (χ3v) is 3.89. The number of nitrogens with zero attached hydrogens (tertiary/aromatic N) is 3. The summed E-state index contributed by atoms with van der Waals surface area (Å²) in [6.45, 7) is 2.48. The second-order valence-electron chi connectivity index (χ2n) is 5.92. The number of pyridine rings is 1. The Morgan fingerprint density at radius 1 is 1.20 bits per heavy atom. The van der Waals surface area contributed by atoms with E-state index in [1.165, 1.54) is 12.1 Å². The average Bonchev–Trinajstić information content (AvgIpc) is 3.03. The fourth-order valence-electron chi connectivity index (χ4n) is 2.56. The second-order valence-corrected chi connectivity index (χ2v) is 5.92. The Bertz CT molecular complexity index is 830. The van der Waals surface area contributed by atoms with Crippen LogP contribution in [0.1, 0.15) is 30.5 Å². The minimum atomic E-state index is -0.279. The molecule has 0 spiro atoms. The highest BCUT2D eigenvalue weighted by atomic mass is 19.1. The van der Waals surface area contributed by atoms with Crippen molar-refractivity contribution in [1.82, 2.24) is 14.8 Å². The average molecular weight is 338 g/mol. The van der Waals surface area contributed by atoms with Crippen LogP contribution in [0.15, 0.2) is 60.9 Å². The lowest BCUT2D eigenvalue weighted by atomic mass is 9.97. The zero-order chi connectivity index (χ0) is 17.6. The maximum atomic E-state index is 13.0. The van der Waals surface area contributed by atoms with E-state index < -0.39 is 0 Å². The Morgan fingerprint density at radius 3 is 2.72 bits per heavy atom. The van der Waals surface area contributed by atoms with Crippen molar-refractivity contribution in [2.24, 2.45) is 0 Å². The predicted molar refractivity (Wildman–Crippen MR) is 93.6 cm³/mol. The van der Waals surface area contributed by atoms with Crippen molar-refractivity contribution in [3.8, 4) is 0 Å². The monoisotopic (exact) mass is 338 g/mol. The van der Waals surface area contributed by atoms with E-state index in [1.807, 2.05) is 25.1 Å². The standard InChI is InChI=1S/C19H19FN4O/c1-14(15-5-7-16(20)8-6-15)12-19(25)22-18-9-11-24(23-18)13-17-4-2-3-10-21-17/h2-11,14H,12-13H2,1H3,(H,22,23,25)/t14-/m0/s1. The number of amides is 1. The van der Waals surface area contributed by atoms with Crippen LogP contribution < -0.4 is 5.32 Å². The van der Waals surface area contributed by atoms with Gasteiger partial charge in [0.1, 0.15) is 5.82 Å². The van der Waals surface area contributed by atoms with Crippen molar-refractivity contribution in [3.05, 3.63) is 78.0 Å². The summed E-state index contributed by atoms with van der Waals surface area (Å²) in [7, 11) is 0. The summed E-state index contributed by atoms with van der Waals surface area (Å²) in [6, 6.07) is 13.7. The van der Waals surface area contributed by atoms with Crippen LogP contribution in [0, 0.1) is 5.82 Å². The molecule has 0 unspecified atom stereocenters. The fourth-order valence-corrected chi connectivity index (χ4v) is 2.56. The van der Waals surface area contributed by atoms with E-state index in [4.69, 9.17) is 0 Å². The summed E-state index contributed by atoms with van der Waals surface area (Å²) in [4.78, 5) is 16.4. The lowest BCUT2D eigenvalue weighted by Crippen LogP contribution is -2.15.